The molecule has 0 bridgehead atoms. The standard InChI is InChI=1S/C24H30N2/c1-5-6-7-8-14-26-23-17-20(4)19(3)16-22(23)25-24(26)13-12-21-11-9-10-18(2)15-21/h5,9-11,15-17H,1,6-8,12-14H2,2-4H3. The molecular weight excluding hydrogens is 316 g/mol. The topological polar surface area (TPSA) is 17.8 Å². The minimum absolute atomic E-state index is 0.984. The second-order valence-corrected chi connectivity index (χ2v) is 7.38. The van der Waals surface area contributed by atoms with Gasteiger partial charge in [-0.1, -0.05) is 35.9 Å². The fraction of sp³-hybridized carbons (Fsp3) is 0.375. The van der Waals surface area contributed by atoms with Crippen LogP contribution < -0.4 is 0 Å². The highest BCUT2D eigenvalue weighted by Gasteiger charge is 2.12. The molecule has 0 N–H and O–H groups in total. The summed E-state index contributed by atoms with van der Waals surface area (Å²) in [4.78, 5) is 4.99. The Bertz CT molecular complexity index is 902. The molecule has 0 radical (unpaired) electrons. The van der Waals surface area contributed by atoms with Gasteiger partial charge in [0.2, 0.25) is 0 Å². The van der Waals surface area contributed by atoms with Crippen LogP contribution in [0.1, 0.15) is 47.3 Å². The Morgan fingerprint density at radius 1 is 1.00 bits per heavy atom. The van der Waals surface area contributed by atoms with Crippen molar-refractivity contribution >= 4 is 11.0 Å². The number of benzene rings is 2. The number of nitrogens with zero attached hydrogens (tertiary/aromatic N) is 2. The zero-order valence-electron chi connectivity index (χ0n) is 16.4. The van der Waals surface area contributed by atoms with Gasteiger partial charge in [-0.2, -0.15) is 0 Å². The lowest BCUT2D eigenvalue weighted by Gasteiger charge is -2.10. The predicted octanol–water partition coefficient (Wildman–Crippen LogP) is 6.10. The van der Waals surface area contributed by atoms with Crippen LogP contribution in [-0.4, -0.2) is 9.55 Å². The monoisotopic (exact) mass is 346 g/mol. The largest absolute Gasteiger partial charge is 0.328 e. The first-order chi connectivity index (χ1) is 12.6. The van der Waals surface area contributed by atoms with Crippen LogP contribution in [0, 0.1) is 20.8 Å². The van der Waals surface area contributed by atoms with Crippen LogP contribution in [0.3, 0.4) is 0 Å². The zero-order valence-corrected chi connectivity index (χ0v) is 16.4. The lowest BCUT2D eigenvalue weighted by atomic mass is 10.1. The molecule has 0 aliphatic heterocycles. The number of hydrogen-bond acceptors (Lipinski definition) is 1. The summed E-state index contributed by atoms with van der Waals surface area (Å²) in [6, 6.07) is 13.4. The lowest BCUT2D eigenvalue weighted by Crippen LogP contribution is -2.06. The first-order valence-corrected chi connectivity index (χ1v) is 9.71. The van der Waals surface area contributed by atoms with Crippen molar-refractivity contribution in [3.63, 3.8) is 0 Å². The predicted molar refractivity (Wildman–Crippen MR) is 112 cm³/mol. The van der Waals surface area contributed by atoms with Gasteiger partial charge >= 0.3 is 0 Å². The van der Waals surface area contributed by atoms with Crippen molar-refractivity contribution < 1.29 is 0 Å². The molecular formula is C24H30N2. The normalized spacial score (nSPS) is 11.2. The molecule has 0 saturated heterocycles. The number of hydrogen-bond donors (Lipinski definition) is 0. The molecule has 2 heteroatoms. The number of aryl methyl sites for hydroxylation is 6. The summed E-state index contributed by atoms with van der Waals surface area (Å²) in [6.07, 6.45) is 7.47. The number of unbranched alkanes of at least 4 members (excludes halogenated alkanes) is 2. The van der Waals surface area contributed by atoms with Gasteiger partial charge < -0.3 is 4.57 Å². The van der Waals surface area contributed by atoms with Crippen LogP contribution in [0.2, 0.25) is 0 Å². The molecule has 0 amide bonds. The van der Waals surface area contributed by atoms with Crippen molar-refractivity contribution in [3.05, 3.63) is 77.1 Å². The van der Waals surface area contributed by atoms with Crippen molar-refractivity contribution in [3.8, 4) is 0 Å². The van der Waals surface area contributed by atoms with E-state index in [1.54, 1.807) is 0 Å². The molecule has 0 fully saturated rings. The van der Waals surface area contributed by atoms with Crippen molar-refractivity contribution in [1.29, 1.82) is 0 Å². The smallest absolute Gasteiger partial charge is 0.110 e. The molecule has 0 aliphatic rings. The van der Waals surface area contributed by atoms with Gasteiger partial charge in [-0.25, -0.2) is 4.98 Å². The van der Waals surface area contributed by atoms with E-state index in [0.29, 0.717) is 0 Å². The molecule has 3 rings (SSSR count). The second-order valence-electron chi connectivity index (χ2n) is 7.38. The highest BCUT2D eigenvalue weighted by atomic mass is 15.1. The van der Waals surface area contributed by atoms with Crippen LogP contribution in [0.25, 0.3) is 11.0 Å². The Kier molecular flexibility index (Phi) is 5.92. The van der Waals surface area contributed by atoms with E-state index in [-0.39, 0.29) is 0 Å². The quantitative estimate of drug-likeness (QED) is 0.356. The van der Waals surface area contributed by atoms with Crippen LogP contribution >= 0.6 is 0 Å². The average Bonchev–Trinajstić information content (AvgIpc) is 2.94. The van der Waals surface area contributed by atoms with Crippen LogP contribution in [-0.2, 0) is 19.4 Å². The maximum Gasteiger partial charge on any atom is 0.110 e. The Morgan fingerprint density at radius 3 is 2.58 bits per heavy atom. The summed E-state index contributed by atoms with van der Waals surface area (Å²) in [6.45, 7) is 11.4. The number of imidazole rings is 1. The highest BCUT2D eigenvalue weighted by molar-refractivity contribution is 5.78. The van der Waals surface area contributed by atoms with E-state index < -0.39 is 0 Å². The molecule has 136 valence electrons. The molecule has 0 spiro atoms. The number of aromatic nitrogens is 2. The van der Waals surface area contributed by atoms with Crippen LogP contribution in [0.15, 0.2) is 49.1 Å². The summed E-state index contributed by atoms with van der Waals surface area (Å²) in [5.74, 6) is 1.21. The Labute approximate surface area is 157 Å². The van der Waals surface area contributed by atoms with E-state index in [1.807, 2.05) is 6.08 Å². The van der Waals surface area contributed by atoms with Gasteiger partial charge in [-0.15, -0.1) is 6.58 Å². The van der Waals surface area contributed by atoms with Gasteiger partial charge in [0.15, 0.2) is 0 Å². The fourth-order valence-corrected chi connectivity index (χ4v) is 3.55. The molecule has 2 aromatic carbocycles. The molecule has 1 heterocycles. The Balaban J connectivity index is 1.87. The fourth-order valence-electron chi connectivity index (χ4n) is 3.55. The molecule has 0 unspecified atom stereocenters. The third-order valence-corrected chi connectivity index (χ3v) is 5.20. The molecule has 1 aromatic heterocycles. The summed E-state index contributed by atoms with van der Waals surface area (Å²) in [5.41, 5.74) is 7.80. The van der Waals surface area contributed by atoms with Crippen LogP contribution in [0.4, 0.5) is 0 Å². The van der Waals surface area contributed by atoms with E-state index in [4.69, 9.17) is 4.98 Å². The van der Waals surface area contributed by atoms with Crippen molar-refractivity contribution in [2.45, 2.75) is 59.4 Å². The van der Waals surface area contributed by atoms with Crippen molar-refractivity contribution in [2.75, 3.05) is 0 Å². The minimum Gasteiger partial charge on any atom is -0.328 e. The molecule has 0 aliphatic carbocycles. The Morgan fingerprint density at radius 2 is 1.81 bits per heavy atom. The van der Waals surface area contributed by atoms with Gasteiger partial charge in [0.05, 0.1) is 11.0 Å². The molecule has 0 saturated carbocycles. The second kappa shape index (κ2) is 8.35. The molecule has 26 heavy (non-hydrogen) atoms. The highest BCUT2D eigenvalue weighted by Crippen LogP contribution is 2.23. The van der Waals surface area contributed by atoms with E-state index in [9.17, 15) is 0 Å². The minimum atomic E-state index is 0.984. The summed E-state index contributed by atoms with van der Waals surface area (Å²) in [5, 5.41) is 0. The molecule has 0 atom stereocenters. The van der Waals surface area contributed by atoms with Gasteiger partial charge in [0.1, 0.15) is 5.82 Å². The van der Waals surface area contributed by atoms with Crippen molar-refractivity contribution in [2.24, 2.45) is 0 Å². The zero-order chi connectivity index (χ0) is 18.5. The number of allylic oxidation sites excluding steroid dienone is 1. The lowest BCUT2D eigenvalue weighted by molar-refractivity contribution is 0.599. The maximum absolute atomic E-state index is 4.99. The van der Waals surface area contributed by atoms with Gasteiger partial charge in [0.25, 0.3) is 0 Å². The van der Waals surface area contributed by atoms with Crippen LogP contribution in [0.5, 0.6) is 0 Å². The first-order valence-electron chi connectivity index (χ1n) is 9.71. The van der Waals surface area contributed by atoms with Gasteiger partial charge in [-0.3, -0.25) is 0 Å². The third kappa shape index (κ3) is 4.24. The van der Waals surface area contributed by atoms with E-state index >= 15 is 0 Å². The van der Waals surface area contributed by atoms with Gasteiger partial charge in [0, 0.05) is 13.0 Å². The summed E-state index contributed by atoms with van der Waals surface area (Å²) < 4.78 is 2.45. The SMILES string of the molecule is C=CCCCCn1c(CCc2cccc(C)c2)nc2cc(C)c(C)cc21. The van der Waals surface area contributed by atoms with E-state index in [1.165, 1.54) is 46.4 Å². The van der Waals surface area contributed by atoms with E-state index in [0.717, 1.165) is 31.3 Å². The number of rotatable bonds is 8. The van der Waals surface area contributed by atoms with Crippen molar-refractivity contribution in [1.82, 2.24) is 9.55 Å². The first kappa shape index (κ1) is 18.4. The molecule has 2 nitrogen and oxygen atoms in total. The van der Waals surface area contributed by atoms with E-state index in [2.05, 4.69) is 68.3 Å². The van der Waals surface area contributed by atoms with Gasteiger partial charge in [-0.05, 0) is 75.3 Å². The third-order valence-electron chi connectivity index (χ3n) is 5.20. The average molecular weight is 347 g/mol. The maximum atomic E-state index is 4.99. The summed E-state index contributed by atoms with van der Waals surface area (Å²) >= 11 is 0. The molecule has 3 aromatic rings. The summed E-state index contributed by atoms with van der Waals surface area (Å²) in [7, 11) is 0. The number of fused-ring (bicyclic) bond motifs is 1. The Hall–Kier alpha value is -2.35.